The fourth-order valence-electron chi connectivity index (χ4n) is 7.48. The summed E-state index contributed by atoms with van der Waals surface area (Å²) < 4.78 is 28.0. The highest BCUT2D eigenvalue weighted by Gasteiger charge is 2.53. The van der Waals surface area contributed by atoms with E-state index in [4.69, 9.17) is 5.11 Å². The van der Waals surface area contributed by atoms with Crippen LogP contribution in [0.1, 0.15) is 124 Å². The van der Waals surface area contributed by atoms with Gasteiger partial charge < -0.3 is 46.7 Å². The molecule has 2 saturated carbocycles. The van der Waals surface area contributed by atoms with Crippen LogP contribution in [0.2, 0.25) is 0 Å². The van der Waals surface area contributed by atoms with Gasteiger partial charge >= 0.3 is 23.9 Å². The number of hydrogen-bond acceptors (Lipinski definition) is 14. The van der Waals surface area contributed by atoms with Crippen LogP contribution in [-0.4, -0.2) is 119 Å². The molecular formula is C44H65N7O16S. The van der Waals surface area contributed by atoms with Crippen LogP contribution in [0.4, 0.5) is 0 Å². The lowest BCUT2D eigenvalue weighted by molar-refractivity contribution is -0.159. The molecule has 2 aliphatic carbocycles. The molecule has 0 heterocycles. The van der Waals surface area contributed by atoms with Gasteiger partial charge in [0.05, 0.1) is 24.2 Å². The molecule has 378 valence electrons. The Bertz CT molecular complexity index is 2090. The molecule has 1 aromatic carbocycles. The maximum atomic E-state index is 14.3. The van der Waals surface area contributed by atoms with Crippen LogP contribution in [0.15, 0.2) is 35.2 Å². The molecule has 68 heavy (non-hydrogen) atoms. The Morgan fingerprint density at radius 3 is 1.82 bits per heavy atom. The van der Waals surface area contributed by atoms with Crippen LogP contribution in [0.25, 0.3) is 0 Å². The molecule has 0 aliphatic heterocycles. The summed E-state index contributed by atoms with van der Waals surface area (Å²) in [7, 11) is -4.27. The largest absolute Gasteiger partial charge is 0.481 e. The van der Waals surface area contributed by atoms with Gasteiger partial charge in [0.25, 0.3) is 15.9 Å². The second-order valence-corrected chi connectivity index (χ2v) is 19.5. The summed E-state index contributed by atoms with van der Waals surface area (Å²) in [5.74, 6) is -11.7. The first-order valence-corrected chi connectivity index (χ1v) is 24.2. The van der Waals surface area contributed by atoms with Crippen molar-refractivity contribution < 1.29 is 76.5 Å². The van der Waals surface area contributed by atoms with E-state index in [-0.39, 0.29) is 42.4 Å². The van der Waals surface area contributed by atoms with Crippen LogP contribution in [0.3, 0.4) is 0 Å². The van der Waals surface area contributed by atoms with E-state index in [9.17, 15) is 66.6 Å². The third-order valence-electron chi connectivity index (χ3n) is 11.7. The van der Waals surface area contributed by atoms with Crippen molar-refractivity contribution in [3.05, 3.63) is 30.3 Å². The molecule has 0 radical (unpaired) electrons. The zero-order chi connectivity index (χ0) is 50.8. The van der Waals surface area contributed by atoms with E-state index in [1.54, 1.807) is 33.8 Å². The molecular weight excluding hydrogens is 915 g/mol. The molecule has 0 unspecified atom stereocenters. The van der Waals surface area contributed by atoms with Crippen LogP contribution in [-0.2, 0) is 62.8 Å². The molecule has 1 aromatic rings. The van der Waals surface area contributed by atoms with Gasteiger partial charge in [-0.05, 0) is 62.0 Å². The van der Waals surface area contributed by atoms with Crippen molar-refractivity contribution in [2.24, 2.45) is 17.8 Å². The molecule has 2 fully saturated rings. The van der Waals surface area contributed by atoms with Crippen molar-refractivity contribution in [2.45, 2.75) is 165 Å². The molecule has 6 atom stereocenters. The average molecular weight is 980 g/mol. The van der Waals surface area contributed by atoms with E-state index >= 15 is 0 Å². The predicted molar refractivity (Wildman–Crippen MR) is 239 cm³/mol. The SMILES string of the molecule is CC[C@@H](C)[C@H](NC(=O)[C@H](CC(C)C)NC(=O)[C@@H](CCC(=O)O)NC(=O)[C@H](CC(=O)O)NOC(=O)CCC(=O)O)C(=O)N[C@@H](CC1CCCCC1)C(=O)NC1(C(=O)NS(=O)(=O)c2ccccc2)CC1. The van der Waals surface area contributed by atoms with Gasteiger partial charge in [0.1, 0.15) is 35.7 Å². The third-order valence-corrected chi connectivity index (χ3v) is 13.1. The number of amides is 6. The Kier molecular flexibility index (Phi) is 21.8. The highest BCUT2D eigenvalue weighted by molar-refractivity contribution is 7.90. The van der Waals surface area contributed by atoms with E-state index in [2.05, 4.69) is 31.4 Å². The molecule has 0 bridgehead atoms. The predicted octanol–water partition coefficient (Wildman–Crippen LogP) is 0.763. The van der Waals surface area contributed by atoms with E-state index in [0.717, 1.165) is 32.1 Å². The lowest BCUT2D eigenvalue weighted by atomic mass is 9.84. The van der Waals surface area contributed by atoms with Gasteiger partial charge in [-0.25, -0.2) is 13.1 Å². The average Bonchev–Trinajstić information content (AvgIpc) is 4.07. The van der Waals surface area contributed by atoms with E-state index in [1.165, 1.54) is 24.3 Å². The Morgan fingerprint density at radius 1 is 0.691 bits per heavy atom. The number of sulfonamides is 1. The summed E-state index contributed by atoms with van der Waals surface area (Å²) in [4.78, 5) is 133. The van der Waals surface area contributed by atoms with E-state index in [0.29, 0.717) is 6.42 Å². The number of carbonyl (C=O) groups is 10. The van der Waals surface area contributed by atoms with Gasteiger partial charge in [-0.2, -0.15) is 0 Å². The fourth-order valence-corrected chi connectivity index (χ4v) is 8.56. The summed E-state index contributed by atoms with van der Waals surface area (Å²) in [6.07, 6.45) is 1.65. The highest BCUT2D eigenvalue weighted by atomic mass is 32.2. The number of hydrogen-bond donors (Lipinski definition) is 10. The molecule has 2 aliphatic rings. The minimum atomic E-state index is -4.27. The zero-order valence-corrected chi connectivity index (χ0v) is 39.5. The lowest BCUT2D eigenvalue weighted by Crippen LogP contribution is -2.61. The fraction of sp³-hybridized carbons (Fsp3) is 0.636. The Balaban J connectivity index is 1.83. The molecule has 24 heteroatoms. The summed E-state index contributed by atoms with van der Waals surface area (Å²) in [5.41, 5.74) is 0.393. The molecule has 10 N–H and O–H groups in total. The lowest BCUT2D eigenvalue weighted by Gasteiger charge is -2.31. The van der Waals surface area contributed by atoms with E-state index < -0.39 is 143 Å². The smallest absolute Gasteiger partial charge is 0.325 e. The summed E-state index contributed by atoms with van der Waals surface area (Å²) >= 11 is 0. The molecule has 6 amide bonds. The first-order valence-electron chi connectivity index (χ1n) is 22.7. The number of rotatable bonds is 29. The van der Waals surface area contributed by atoms with Gasteiger partial charge in [0.15, 0.2) is 0 Å². The van der Waals surface area contributed by atoms with Crippen LogP contribution in [0.5, 0.6) is 0 Å². The minimum absolute atomic E-state index is 0.0214. The van der Waals surface area contributed by atoms with Crippen LogP contribution in [0, 0.1) is 17.8 Å². The Hall–Kier alpha value is -6.17. The number of benzene rings is 1. The van der Waals surface area contributed by atoms with Crippen molar-refractivity contribution in [1.29, 1.82) is 0 Å². The normalized spacial score (nSPS) is 17.1. The highest BCUT2D eigenvalue weighted by Crippen LogP contribution is 2.37. The molecule has 0 saturated heterocycles. The van der Waals surface area contributed by atoms with Gasteiger partial charge in [-0.1, -0.05) is 84.4 Å². The van der Waals surface area contributed by atoms with Crippen LogP contribution >= 0.6 is 0 Å². The second kappa shape index (κ2) is 26.4. The summed E-state index contributed by atoms with van der Waals surface area (Å²) in [6.45, 7) is 6.89. The molecule has 23 nitrogen and oxygen atoms in total. The van der Waals surface area contributed by atoms with E-state index in [1.807, 2.05) is 10.2 Å². The van der Waals surface area contributed by atoms with Crippen molar-refractivity contribution in [3.63, 3.8) is 0 Å². The zero-order valence-electron chi connectivity index (χ0n) is 38.7. The second-order valence-electron chi connectivity index (χ2n) is 17.8. The number of aliphatic carboxylic acids is 3. The topological polar surface area (TPSA) is 359 Å². The first kappa shape index (κ1) is 56.2. The van der Waals surface area contributed by atoms with Gasteiger partial charge in [-0.15, -0.1) is 5.48 Å². The third kappa shape index (κ3) is 18.5. The number of nitrogens with one attached hydrogen (secondary N) is 7. The minimum Gasteiger partial charge on any atom is -0.481 e. The standard InChI is InChI=1S/C44H65N7O16S/c1-5-26(4)37(42(63)47-31(23-27-12-8-6-9-13-27)41(62)49-44(20-21-44)43(64)51-68(65,66)28-14-10-7-11-15-28)48-39(60)30(22-25(2)3)46-38(59)29(16-17-33(52)53)45-40(61)32(24-35(56)57)50-67-36(58)19-18-34(54)55/h7,10-11,14-15,25-27,29-32,37,50H,5-6,8-9,12-13,16-24H2,1-4H3,(H,45,61)(H,46,59)(H,47,63)(H,48,60)(H,49,62)(H,51,64)(H,52,53)(H,54,55)(H,56,57)/t26-,29-,30+,31+,32+,37+/m1/s1. The van der Waals surface area contributed by atoms with Gasteiger partial charge in [0.2, 0.25) is 29.5 Å². The maximum Gasteiger partial charge on any atom is 0.325 e. The maximum absolute atomic E-state index is 14.3. The molecule has 0 aromatic heterocycles. The van der Waals surface area contributed by atoms with Gasteiger partial charge in [0, 0.05) is 6.42 Å². The van der Waals surface area contributed by atoms with Gasteiger partial charge in [-0.3, -0.25) is 47.9 Å². The quantitative estimate of drug-likeness (QED) is 0.0496. The monoisotopic (exact) mass is 979 g/mol. The van der Waals surface area contributed by atoms with Crippen molar-refractivity contribution >= 4 is 69.3 Å². The van der Waals surface area contributed by atoms with Crippen molar-refractivity contribution in [1.82, 2.24) is 36.8 Å². The van der Waals surface area contributed by atoms with Crippen LogP contribution < -0.4 is 36.8 Å². The number of hydroxylamine groups is 1. The molecule has 3 rings (SSSR count). The number of carboxylic acid groups (broad SMARTS) is 3. The Labute approximate surface area is 394 Å². The number of carboxylic acids is 3. The first-order chi connectivity index (χ1) is 32.0. The molecule has 0 spiro atoms. The Morgan fingerprint density at radius 2 is 1.26 bits per heavy atom. The summed E-state index contributed by atoms with van der Waals surface area (Å²) in [5, 5.41) is 40.5. The van der Waals surface area contributed by atoms with Crippen molar-refractivity contribution in [2.75, 3.05) is 0 Å². The summed E-state index contributed by atoms with van der Waals surface area (Å²) in [6, 6.07) is -0.190. The number of carbonyl (C=O) groups excluding carboxylic acids is 7. The van der Waals surface area contributed by atoms with Crippen molar-refractivity contribution in [3.8, 4) is 0 Å².